The summed E-state index contributed by atoms with van der Waals surface area (Å²) in [6.07, 6.45) is 4.64. The largest absolute Gasteiger partial charge is 0.484 e. The average molecular weight is 505 g/mol. The van der Waals surface area contributed by atoms with Gasteiger partial charge in [0.25, 0.3) is 5.91 Å². The topological polar surface area (TPSA) is 58.6 Å². The van der Waals surface area contributed by atoms with Crippen molar-refractivity contribution in [1.29, 1.82) is 0 Å². The third kappa shape index (κ3) is 6.55. The lowest BCUT2D eigenvalue weighted by molar-refractivity contribution is -0.143. The second-order valence-electron chi connectivity index (χ2n) is 8.26. The maximum absolute atomic E-state index is 13.4. The third-order valence-electron chi connectivity index (χ3n) is 5.85. The quantitative estimate of drug-likeness (QED) is 0.514. The molecule has 172 valence electrons. The molecule has 1 saturated carbocycles. The van der Waals surface area contributed by atoms with Crippen LogP contribution in [0.1, 0.15) is 50.2 Å². The molecule has 0 aromatic heterocycles. The fourth-order valence-corrected chi connectivity index (χ4v) is 4.26. The monoisotopic (exact) mass is 504 g/mol. The summed E-state index contributed by atoms with van der Waals surface area (Å²) in [7, 11) is 0. The van der Waals surface area contributed by atoms with Gasteiger partial charge in [-0.3, -0.25) is 9.59 Å². The summed E-state index contributed by atoms with van der Waals surface area (Å²) in [5, 5.41) is 3.11. The molecular formula is C25H30BrFN2O3. The van der Waals surface area contributed by atoms with E-state index in [9.17, 15) is 14.0 Å². The van der Waals surface area contributed by atoms with E-state index >= 15 is 0 Å². The molecule has 0 heterocycles. The van der Waals surface area contributed by atoms with Crippen LogP contribution in [0.3, 0.4) is 0 Å². The highest BCUT2D eigenvalue weighted by Gasteiger charge is 2.30. The zero-order valence-corrected chi connectivity index (χ0v) is 20.2. The molecule has 2 amide bonds. The van der Waals surface area contributed by atoms with Crippen molar-refractivity contribution in [2.45, 2.75) is 64.6 Å². The van der Waals surface area contributed by atoms with Crippen LogP contribution in [0.4, 0.5) is 4.39 Å². The van der Waals surface area contributed by atoms with E-state index in [2.05, 4.69) is 21.2 Å². The molecule has 5 nitrogen and oxygen atoms in total. The Kier molecular flexibility index (Phi) is 8.67. The third-order valence-corrected chi connectivity index (χ3v) is 6.74. The first-order valence-corrected chi connectivity index (χ1v) is 11.9. The molecule has 7 heteroatoms. The molecule has 1 fully saturated rings. The van der Waals surface area contributed by atoms with Crippen LogP contribution in [0.15, 0.2) is 46.9 Å². The molecule has 0 bridgehead atoms. The minimum absolute atomic E-state index is 0.144. The van der Waals surface area contributed by atoms with Gasteiger partial charge < -0.3 is 15.0 Å². The molecule has 3 rings (SSSR count). The van der Waals surface area contributed by atoms with Crippen molar-refractivity contribution in [3.05, 3.63) is 63.9 Å². The van der Waals surface area contributed by atoms with Gasteiger partial charge in [-0.2, -0.15) is 0 Å². The predicted octanol–water partition coefficient (Wildman–Crippen LogP) is 5.14. The number of carbonyl (C=O) groups excluding carboxylic acids is 2. The van der Waals surface area contributed by atoms with E-state index in [0.717, 1.165) is 41.3 Å². The van der Waals surface area contributed by atoms with Gasteiger partial charge in [0.1, 0.15) is 17.6 Å². The van der Waals surface area contributed by atoms with Crippen LogP contribution in [0.2, 0.25) is 0 Å². The zero-order chi connectivity index (χ0) is 23.1. The van der Waals surface area contributed by atoms with Gasteiger partial charge in [0.2, 0.25) is 5.91 Å². The summed E-state index contributed by atoms with van der Waals surface area (Å²) in [6, 6.07) is 11.0. The summed E-state index contributed by atoms with van der Waals surface area (Å²) in [4.78, 5) is 27.8. The number of rotatable bonds is 9. The molecule has 0 aliphatic heterocycles. The fraction of sp³-hybridized carbons (Fsp3) is 0.440. The lowest BCUT2D eigenvalue weighted by Crippen LogP contribution is -2.52. The molecule has 32 heavy (non-hydrogen) atoms. The molecule has 0 unspecified atom stereocenters. The summed E-state index contributed by atoms with van der Waals surface area (Å²) >= 11 is 3.45. The van der Waals surface area contributed by atoms with Gasteiger partial charge in [-0.05, 0) is 67.6 Å². The molecule has 2 aromatic rings. The Bertz CT molecular complexity index is 929. The highest BCUT2D eigenvalue weighted by Crippen LogP contribution is 2.22. The average Bonchev–Trinajstić information content (AvgIpc) is 3.28. The van der Waals surface area contributed by atoms with Crippen LogP contribution in [0, 0.1) is 12.7 Å². The molecule has 1 N–H and O–H groups in total. The van der Waals surface area contributed by atoms with Gasteiger partial charge in [-0.25, -0.2) is 4.39 Å². The van der Waals surface area contributed by atoms with Crippen LogP contribution in [0.25, 0.3) is 0 Å². The first-order chi connectivity index (χ1) is 15.4. The van der Waals surface area contributed by atoms with E-state index in [4.69, 9.17) is 4.74 Å². The standard InChI is InChI=1S/C25H30BrFN2O3/c1-3-23(25(31)28-20-6-4-5-7-20)29(15-18-8-10-19(27)11-9-18)24(30)16-32-21-12-13-22(26)17(2)14-21/h8-14,20,23H,3-7,15-16H2,1-2H3,(H,28,31)/t23-/m1/s1. The number of hydrogen-bond acceptors (Lipinski definition) is 3. The Morgan fingerprint density at radius 1 is 1.19 bits per heavy atom. The van der Waals surface area contributed by atoms with Gasteiger partial charge in [0, 0.05) is 17.1 Å². The number of halogens is 2. The minimum atomic E-state index is -0.622. The van der Waals surface area contributed by atoms with Crippen LogP contribution >= 0.6 is 15.9 Å². The number of carbonyl (C=O) groups is 2. The number of ether oxygens (including phenoxy) is 1. The molecule has 1 aliphatic rings. The van der Waals surface area contributed by atoms with Crippen LogP contribution < -0.4 is 10.1 Å². The maximum Gasteiger partial charge on any atom is 0.261 e. The number of amides is 2. The van der Waals surface area contributed by atoms with Crippen LogP contribution in [-0.2, 0) is 16.1 Å². The van der Waals surface area contributed by atoms with E-state index in [0.29, 0.717) is 12.2 Å². The van der Waals surface area contributed by atoms with Crippen LogP contribution in [0.5, 0.6) is 5.75 Å². The molecule has 2 aromatic carbocycles. The second kappa shape index (κ2) is 11.5. The smallest absolute Gasteiger partial charge is 0.261 e. The van der Waals surface area contributed by atoms with E-state index in [1.165, 1.54) is 12.1 Å². The summed E-state index contributed by atoms with van der Waals surface area (Å²) < 4.78 is 20.1. The van der Waals surface area contributed by atoms with E-state index in [1.54, 1.807) is 23.1 Å². The van der Waals surface area contributed by atoms with Gasteiger partial charge >= 0.3 is 0 Å². The first-order valence-electron chi connectivity index (χ1n) is 11.1. The van der Waals surface area contributed by atoms with Crippen molar-refractivity contribution in [2.75, 3.05) is 6.61 Å². The summed E-state index contributed by atoms with van der Waals surface area (Å²) in [5.74, 6) is -0.187. The van der Waals surface area contributed by atoms with Gasteiger partial charge in [0.15, 0.2) is 6.61 Å². The first kappa shape index (κ1) is 24.2. The Balaban J connectivity index is 1.75. The highest BCUT2D eigenvalue weighted by molar-refractivity contribution is 9.10. The van der Waals surface area contributed by atoms with Crippen molar-refractivity contribution in [1.82, 2.24) is 10.2 Å². The van der Waals surface area contributed by atoms with Crippen molar-refractivity contribution in [3.8, 4) is 5.75 Å². The molecule has 0 saturated heterocycles. The summed E-state index contributed by atoms with van der Waals surface area (Å²) in [5.41, 5.74) is 1.76. The SMILES string of the molecule is CC[C@H](C(=O)NC1CCCC1)N(Cc1ccc(F)cc1)C(=O)COc1ccc(Br)c(C)c1. The number of aryl methyl sites for hydroxylation is 1. The lowest BCUT2D eigenvalue weighted by Gasteiger charge is -2.31. The number of nitrogens with one attached hydrogen (secondary N) is 1. The highest BCUT2D eigenvalue weighted by atomic mass is 79.9. The Labute approximate surface area is 197 Å². The summed E-state index contributed by atoms with van der Waals surface area (Å²) in [6.45, 7) is 3.86. The van der Waals surface area contributed by atoms with Gasteiger partial charge in [-0.15, -0.1) is 0 Å². The molecule has 0 radical (unpaired) electrons. The normalized spacial score (nSPS) is 14.8. The van der Waals surface area contributed by atoms with E-state index in [1.807, 2.05) is 26.0 Å². The minimum Gasteiger partial charge on any atom is -0.484 e. The van der Waals surface area contributed by atoms with Crippen molar-refractivity contribution >= 4 is 27.7 Å². The predicted molar refractivity (Wildman–Crippen MR) is 126 cm³/mol. The number of hydrogen-bond donors (Lipinski definition) is 1. The van der Waals surface area contributed by atoms with Crippen molar-refractivity contribution < 1.29 is 18.7 Å². The Morgan fingerprint density at radius 3 is 2.50 bits per heavy atom. The van der Waals surface area contributed by atoms with Crippen LogP contribution in [-0.4, -0.2) is 35.4 Å². The molecular weight excluding hydrogens is 475 g/mol. The fourth-order valence-electron chi connectivity index (χ4n) is 4.01. The van der Waals surface area contributed by atoms with Crippen molar-refractivity contribution in [2.24, 2.45) is 0 Å². The molecule has 0 spiro atoms. The number of nitrogens with zero attached hydrogens (tertiary/aromatic N) is 1. The lowest BCUT2D eigenvalue weighted by atomic mass is 10.1. The van der Waals surface area contributed by atoms with E-state index in [-0.39, 0.29) is 36.8 Å². The maximum atomic E-state index is 13.4. The van der Waals surface area contributed by atoms with Crippen molar-refractivity contribution in [3.63, 3.8) is 0 Å². The molecule has 1 atom stereocenters. The molecule has 1 aliphatic carbocycles. The second-order valence-corrected chi connectivity index (χ2v) is 9.12. The van der Waals surface area contributed by atoms with E-state index < -0.39 is 6.04 Å². The van der Waals surface area contributed by atoms with Gasteiger partial charge in [-0.1, -0.05) is 47.8 Å². The zero-order valence-electron chi connectivity index (χ0n) is 18.6. The Morgan fingerprint density at radius 2 is 1.88 bits per heavy atom. The number of benzene rings is 2. The Hall–Kier alpha value is -2.41. The van der Waals surface area contributed by atoms with Gasteiger partial charge in [0.05, 0.1) is 0 Å².